The van der Waals surface area contributed by atoms with Gasteiger partial charge in [-0.25, -0.2) is 0 Å². The van der Waals surface area contributed by atoms with Gasteiger partial charge >= 0.3 is 46.7 Å². The van der Waals surface area contributed by atoms with Crippen molar-refractivity contribution in [3.8, 4) is 0 Å². The molecular weight excluding hydrogens is 81.7 g/mol. The summed E-state index contributed by atoms with van der Waals surface area (Å²) in [4.78, 5) is 0. The Morgan fingerprint density at radius 2 is 2.14 bits per heavy atom. The fraction of sp³-hybridized carbons (Fsp3) is 1.00. The van der Waals surface area contributed by atoms with Gasteiger partial charge in [0.25, 0.3) is 0 Å². The van der Waals surface area contributed by atoms with Crippen molar-refractivity contribution in [2.75, 3.05) is 0 Å². The average molecular weight is 92.8 g/mol. The zero-order valence-corrected chi connectivity index (χ0v) is 4.98. The van der Waals surface area contributed by atoms with Crippen molar-refractivity contribution < 1.29 is 0 Å². The Kier molecular flexibility index (Phi) is 6.24. The van der Waals surface area contributed by atoms with E-state index in [0.29, 0.717) is 0 Å². The van der Waals surface area contributed by atoms with Crippen LogP contribution in [-0.2, 0) is 0 Å². The van der Waals surface area contributed by atoms with Crippen molar-refractivity contribution in [1.29, 1.82) is 0 Å². The van der Waals surface area contributed by atoms with Gasteiger partial charge in [0.1, 0.15) is 0 Å². The molecule has 0 amide bonds. The topological polar surface area (TPSA) is 0 Å². The van der Waals surface area contributed by atoms with E-state index < -0.39 is 0 Å². The summed E-state index contributed by atoms with van der Waals surface area (Å²) in [5.41, 5.74) is 0. The third-order valence-electron chi connectivity index (χ3n) is 0.974. The predicted molar refractivity (Wildman–Crippen MR) is 35.8 cm³/mol. The standard InChI is InChI=1S/C5H11B2/c1-2-3-4-5-7-6/h2-5H2,1H3. The Morgan fingerprint density at radius 1 is 1.43 bits per heavy atom. The summed E-state index contributed by atoms with van der Waals surface area (Å²) in [7, 11) is 5.14. The monoisotopic (exact) mass is 93.1 g/mol. The summed E-state index contributed by atoms with van der Waals surface area (Å²) in [5, 5.41) is 0. The zero-order chi connectivity index (χ0) is 5.54. The van der Waals surface area contributed by atoms with E-state index in [4.69, 9.17) is 7.37 Å². The van der Waals surface area contributed by atoms with Gasteiger partial charge in [-0.05, 0) is 0 Å². The van der Waals surface area contributed by atoms with E-state index in [9.17, 15) is 0 Å². The molecule has 0 aliphatic rings. The van der Waals surface area contributed by atoms with Gasteiger partial charge in [0.2, 0.25) is 0 Å². The van der Waals surface area contributed by atoms with Gasteiger partial charge in [-0.1, -0.05) is 0 Å². The van der Waals surface area contributed by atoms with Crippen LogP contribution in [0.3, 0.4) is 0 Å². The van der Waals surface area contributed by atoms with Gasteiger partial charge in [0.15, 0.2) is 0 Å². The number of hydrogen-bond donors (Lipinski definition) is 0. The molecule has 0 aromatic heterocycles. The van der Waals surface area contributed by atoms with Crippen LogP contribution in [0.2, 0.25) is 6.32 Å². The van der Waals surface area contributed by atoms with Gasteiger partial charge in [-0.15, -0.1) is 0 Å². The van der Waals surface area contributed by atoms with E-state index in [1.165, 1.54) is 19.3 Å². The normalized spacial score (nSPS) is 8.00. The van der Waals surface area contributed by atoms with Crippen LogP contribution in [0.5, 0.6) is 0 Å². The van der Waals surface area contributed by atoms with E-state index in [2.05, 4.69) is 6.92 Å². The fourth-order valence-corrected chi connectivity index (χ4v) is 0.512. The first-order valence-electron chi connectivity index (χ1n) is 2.95. The second kappa shape index (κ2) is 6.13. The first kappa shape index (κ1) is 7.13. The summed E-state index contributed by atoms with van der Waals surface area (Å²) in [6.45, 7) is 3.92. The average Bonchev–Trinajstić information content (AvgIpc) is 1.69. The molecule has 0 spiro atoms. The molecule has 37 valence electrons. The Hall–Kier alpha value is 0.130. The van der Waals surface area contributed by atoms with Gasteiger partial charge in [-0.2, -0.15) is 0 Å². The van der Waals surface area contributed by atoms with Crippen molar-refractivity contribution >= 4 is 14.2 Å². The van der Waals surface area contributed by atoms with Crippen molar-refractivity contribution in [2.45, 2.75) is 32.5 Å². The van der Waals surface area contributed by atoms with Crippen molar-refractivity contribution in [2.24, 2.45) is 0 Å². The molecule has 0 unspecified atom stereocenters. The molecule has 0 bridgehead atoms. The van der Waals surface area contributed by atoms with E-state index in [0.717, 1.165) is 6.32 Å². The SMILES string of the molecule is [B]=BCCCCC. The number of hydrogen-bond acceptors (Lipinski definition) is 0. The first-order chi connectivity index (χ1) is 3.41. The Morgan fingerprint density at radius 3 is 2.57 bits per heavy atom. The number of rotatable bonds is 4. The number of unbranched alkanes of at least 4 members (excludes halogenated alkanes) is 2. The second-order valence-corrected chi connectivity index (χ2v) is 1.73. The molecule has 0 aromatic carbocycles. The molecule has 0 atom stereocenters. The van der Waals surface area contributed by atoms with Crippen LogP contribution in [0.4, 0.5) is 0 Å². The summed E-state index contributed by atoms with van der Waals surface area (Å²) in [6, 6.07) is 0. The molecule has 0 saturated heterocycles. The van der Waals surface area contributed by atoms with Gasteiger partial charge in [0, 0.05) is 0 Å². The molecule has 0 rings (SSSR count). The van der Waals surface area contributed by atoms with E-state index in [1.807, 2.05) is 0 Å². The van der Waals surface area contributed by atoms with Crippen LogP contribution in [0.15, 0.2) is 0 Å². The van der Waals surface area contributed by atoms with Crippen LogP contribution in [0, 0.1) is 0 Å². The van der Waals surface area contributed by atoms with Crippen molar-refractivity contribution in [1.82, 2.24) is 0 Å². The van der Waals surface area contributed by atoms with Gasteiger partial charge < -0.3 is 0 Å². The summed E-state index contributed by atoms with van der Waals surface area (Å²) in [6.07, 6.45) is 4.93. The first-order valence-corrected chi connectivity index (χ1v) is 2.95. The molecule has 2 heteroatoms. The summed E-state index contributed by atoms with van der Waals surface area (Å²) in [5.74, 6) is 0. The molecule has 0 N–H and O–H groups in total. The molecule has 0 aromatic rings. The van der Waals surface area contributed by atoms with E-state index in [1.54, 1.807) is 6.80 Å². The maximum absolute atomic E-state index is 5.14. The van der Waals surface area contributed by atoms with Gasteiger partial charge in [-0.3, -0.25) is 0 Å². The van der Waals surface area contributed by atoms with Crippen molar-refractivity contribution in [3.05, 3.63) is 0 Å². The summed E-state index contributed by atoms with van der Waals surface area (Å²) >= 11 is 0. The Bertz CT molecular complexity index is 43.3. The maximum atomic E-state index is 5.14. The fourth-order valence-electron chi connectivity index (χ4n) is 0.512. The molecule has 0 aliphatic heterocycles. The molecular formula is C5H11B2. The molecule has 7 heavy (non-hydrogen) atoms. The molecule has 1 radical (unpaired) electrons. The Balaban J connectivity index is 2.56. The second-order valence-electron chi connectivity index (χ2n) is 1.73. The molecule has 0 saturated carbocycles. The van der Waals surface area contributed by atoms with Gasteiger partial charge in [0.05, 0.1) is 0 Å². The molecule has 0 aliphatic carbocycles. The van der Waals surface area contributed by atoms with E-state index >= 15 is 0 Å². The molecule has 0 fully saturated rings. The molecule has 0 heterocycles. The summed E-state index contributed by atoms with van der Waals surface area (Å²) < 4.78 is 0. The molecule has 0 nitrogen and oxygen atoms in total. The van der Waals surface area contributed by atoms with Crippen LogP contribution in [-0.4, -0.2) is 14.2 Å². The zero-order valence-electron chi connectivity index (χ0n) is 4.98. The minimum atomic E-state index is 1.08. The predicted octanol–water partition coefficient (Wildman–Crippen LogP) is 1.38. The van der Waals surface area contributed by atoms with Crippen LogP contribution in [0.25, 0.3) is 0 Å². The van der Waals surface area contributed by atoms with Crippen molar-refractivity contribution in [3.63, 3.8) is 0 Å². The quantitative estimate of drug-likeness (QED) is 0.363. The minimum absolute atomic E-state index is 1.08. The Labute approximate surface area is 47.6 Å². The van der Waals surface area contributed by atoms with Crippen LogP contribution >= 0.6 is 0 Å². The van der Waals surface area contributed by atoms with Crippen LogP contribution < -0.4 is 0 Å². The third kappa shape index (κ3) is 6.13. The van der Waals surface area contributed by atoms with Crippen LogP contribution in [0.1, 0.15) is 26.2 Å². The third-order valence-corrected chi connectivity index (χ3v) is 0.974. The van der Waals surface area contributed by atoms with E-state index in [-0.39, 0.29) is 0 Å².